The lowest BCUT2D eigenvalue weighted by Gasteiger charge is -2.27. The van der Waals surface area contributed by atoms with Gasteiger partial charge >= 0.3 is 5.97 Å². The lowest BCUT2D eigenvalue weighted by Crippen LogP contribution is -2.25. The highest BCUT2D eigenvalue weighted by Gasteiger charge is 2.27. The molecule has 0 aliphatic carbocycles. The Hall–Kier alpha value is -4.53. The Morgan fingerprint density at radius 3 is 1.76 bits per heavy atom. The van der Waals surface area contributed by atoms with Crippen molar-refractivity contribution < 1.29 is 9.53 Å². The van der Waals surface area contributed by atoms with Crippen LogP contribution in [-0.2, 0) is 4.74 Å². The zero-order chi connectivity index (χ0) is 26.2. The Morgan fingerprint density at radius 2 is 1.26 bits per heavy atom. The molecule has 0 spiro atoms. The van der Waals surface area contributed by atoms with E-state index in [1.54, 1.807) is 12.3 Å². The SMILES string of the molecule is COC(=O)c1ccc(N=P(c2ccccc2)(c2ccccc2)c2ccccc2)c(/C=C/c2ccccn2)c1. The van der Waals surface area contributed by atoms with Crippen LogP contribution in [0.2, 0.25) is 0 Å². The average molecular weight is 515 g/mol. The second kappa shape index (κ2) is 11.7. The van der Waals surface area contributed by atoms with Crippen LogP contribution in [0.1, 0.15) is 21.6 Å². The smallest absolute Gasteiger partial charge is 0.337 e. The van der Waals surface area contributed by atoms with Gasteiger partial charge < -0.3 is 4.74 Å². The third-order valence-corrected chi connectivity index (χ3v) is 9.87. The van der Waals surface area contributed by atoms with Gasteiger partial charge in [-0.1, -0.05) is 103 Å². The number of esters is 1. The zero-order valence-electron chi connectivity index (χ0n) is 21.0. The quantitative estimate of drug-likeness (QED) is 0.176. The van der Waals surface area contributed by atoms with Gasteiger partial charge in [-0.2, -0.15) is 0 Å². The first kappa shape index (κ1) is 25.1. The van der Waals surface area contributed by atoms with Gasteiger partial charge in [0, 0.05) is 27.7 Å². The van der Waals surface area contributed by atoms with Crippen molar-refractivity contribution in [2.24, 2.45) is 4.74 Å². The maximum absolute atomic E-state index is 12.4. The minimum absolute atomic E-state index is 0.390. The average Bonchev–Trinajstić information content (AvgIpc) is 3.00. The Balaban J connectivity index is 1.83. The van der Waals surface area contributed by atoms with E-state index in [0.717, 1.165) is 32.9 Å². The number of ether oxygens (including phenoxy) is 1. The fraction of sp³-hybridized carbons (Fsp3) is 0.0303. The molecular weight excluding hydrogens is 487 g/mol. The van der Waals surface area contributed by atoms with Crippen LogP contribution in [0.4, 0.5) is 5.69 Å². The predicted molar refractivity (Wildman–Crippen MR) is 158 cm³/mol. The van der Waals surface area contributed by atoms with Gasteiger partial charge in [-0.05, 0) is 36.4 Å². The summed E-state index contributed by atoms with van der Waals surface area (Å²) in [7, 11) is -1.09. The minimum atomic E-state index is -2.48. The second-order valence-corrected chi connectivity index (χ2v) is 11.6. The van der Waals surface area contributed by atoms with Gasteiger partial charge in [-0.3, -0.25) is 9.73 Å². The summed E-state index contributed by atoms with van der Waals surface area (Å²) in [6.07, 6.45) is 5.65. The highest BCUT2D eigenvalue weighted by Crippen LogP contribution is 2.50. The van der Waals surface area contributed by atoms with Crippen LogP contribution in [0.15, 0.2) is 138 Å². The summed E-state index contributed by atoms with van der Waals surface area (Å²) >= 11 is 0. The minimum Gasteiger partial charge on any atom is -0.465 e. The molecule has 38 heavy (non-hydrogen) atoms. The Bertz CT molecular complexity index is 1500. The molecular formula is C33H27N2O2P. The van der Waals surface area contributed by atoms with Crippen LogP contribution < -0.4 is 15.9 Å². The third kappa shape index (κ3) is 5.27. The lowest BCUT2D eigenvalue weighted by molar-refractivity contribution is 0.0600. The van der Waals surface area contributed by atoms with Crippen molar-refractivity contribution in [1.29, 1.82) is 0 Å². The van der Waals surface area contributed by atoms with Crippen LogP contribution in [0.25, 0.3) is 12.2 Å². The Kier molecular flexibility index (Phi) is 7.73. The van der Waals surface area contributed by atoms with E-state index in [9.17, 15) is 4.79 Å². The number of benzene rings is 4. The van der Waals surface area contributed by atoms with Gasteiger partial charge in [-0.15, -0.1) is 0 Å². The van der Waals surface area contributed by atoms with Gasteiger partial charge in [0.05, 0.1) is 31.1 Å². The van der Waals surface area contributed by atoms with Crippen molar-refractivity contribution in [1.82, 2.24) is 4.98 Å². The standard InChI is InChI=1S/C33H27N2O2P/c1-37-33(36)27-21-23-32(26(25-27)20-22-28-13-11-12-24-34-28)35-38(29-14-5-2-6-15-29,30-16-7-3-8-17-30)31-18-9-4-10-19-31/h2-25H,1H3/b22-20+. The Labute approximate surface area is 223 Å². The first-order valence-electron chi connectivity index (χ1n) is 12.3. The summed E-state index contributed by atoms with van der Waals surface area (Å²) < 4.78 is 10.6. The zero-order valence-corrected chi connectivity index (χ0v) is 21.9. The van der Waals surface area contributed by atoms with E-state index in [0.29, 0.717) is 5.56 Å². The van der Waals surface area contributed by atoms with E-state index in [1.807, 2.05) is 60.7 Å². The van der Waals surface area contributed by atoms with Crippen LogP contribution >= 0.6 is 7.05 Å². The molecule has 186 valence electrons. The van der Waals surface area contributed by atoms with Crippen molar-refractivity contribution >= 4 is 46.8 Å². The van der Waals surface area contributed by atoms with Crippen molar-refractivity contribution in [3.8, 4) is 0 Å². The third-order valence-electron chi connectivity index (χ3n) is 6.22. The van der Waals surface area contributed by atoms with E-state index < -0.39 is 7.05 Å². The number of carbonyl (C=O) groups excluding carboxylic acids is 1. The molecule has 0 N–H and O–H groups in total. The van der Waals surface area contributed by atoms with Gasteiger partial charge in [0.1, 0.15) is 0 Å². The fourth-order valence-corrected chi connectivity index (χ4v) is 7.94. The summed E-state index contributed by atoms with van der Waals surface area (Å²) in [5.41, 5.74) is 2.88. The summed E-state index contributed by atoms with van der Waals surface area (Å²) in [5, 5.41) is 3.44. The largest absolute Gasteiger partial charge is 0.465 e. The number of rotatable bonds is 7. The molecule has 0 saturated carbocycles. The summed E-state index contributed by atoms with van der Waals surface area (Å²) in [4.78, 5) is 16.8. The predicted octanol–water partition coefficient (Wildman–Crippen LogP) is 6.85. The fourth-order valence-electron chi connectivity index (χ4n) is 4.39. The second-order valence-electron chi connectivity index (χ2n) is 8.60. The summed E-state index contributed by atoms with van der Waals surface area (Å²) in [5.74, 6) is -0.390. The molecule has 0 radical (unpaired) electrons. The molecule has 0 unspecified atom stereocenters. The number of pyridine rings is 1. The topological polar surface area (TPSA) is 51.5 Å². The van der Waals surface area contributed by atoms with Gasteiger partial charge in [0.25, 0.3) is 0 Å². The highest BCUT2D eigenvalue weighted by molar-refractivity contribution is 7.87. The van der Waals surface area contributed by atoms with E-state index in [2.05, 4.69) is 77.8 Å². The monoisotopic (exact) mass is 514 g/mol. The molecule has 5 rings (SSSR count). The maximum atomic E-state index is 12.4. The van der Waals surface area contributed by atoms with Gasteiger partial charge in [-0.25, -0.2) is 4.79 Å². The molecule has 0 bridgehead atoms. The number of nitrogens with zero attached hydrogens (tertiary/aromatic N) is 2. The number of methoxy groups -OCH3 is 1. The molecule has 5 heteroatoms. The molecule has 0 aliphatic rings. The van der Waals surface area contributed by atoms with Crippen molar-refractivity contribution in [2.75, 3.05) is 7.11 Å². The van der Waals surface area contributed by atoms with E-state index >= 15 is 0 Å². The van der Waals surface area contributed by atoms with E-state index in [1.165, 1.54) is 7.11 Å². The van der Waals surface area contributed by atoms with Crippen LogP contribution in [0.3, 0.4) is 0 Å². The molecule has 4 nitrogen and oxygen atoms in total. The number of hydrogen-bond donors (Lipinski definition) is 0. The van der Waals surface area contributed by atoms with Crippen LogP contribution in [-0.4, -0.2) is 18.1 Å². The van der Waals surface area contributed by atoms with Crippen LogP contribution in [0.5, 0.6) is 0 Å². The molecule has 0 aliphatic heterocycles. The molecule has 1 aromatic heterocycles. The normalized spacial score (nSPS) is 11.3. The van der Waals surface area contributed by atoms with E-state index in [-0.39, 0.29) is 5.97 Å². The highest BCUT2D eigenvalue weighted by atomic mass is 31.2. The number of hydrogen-bond acceptors (Lipinski definition) is 4. The molecule has 0 atom stereocenters. The molecule has 0 fully saturated rings. The first-order valence-corrected chi connectivity index (χ1v) is 14.1. The number of aromatic nitrogens is 1. The maximum Gasteiger partial charge on any atom is 0.337 e. The molecule has 5 aromatic rings. The van der Waals surface area contributed by atoms with E-state index in [4.69, 9.17) is 9.48 Å². The van der Waals surface area contributed by atoms with Gasteiger partial charge in [0.2, 0.25) is 0 Å². The first-order chi connectivity index (χ1) is 18.7. The lowest BCUT2D eigenvalue weighted by atomic mass is 10.1. The molecule has 0 amide bonds. The van der Waals surface area contributed by atoms with Gasteiger partial charge in [0.15, 0.2) is 0 Å². The molecule has 0 saturated heterocycles. The van der Waals surface area contributed by atoms with Crippen molar-refractivity contribution in [2.45, 2.75) is 0 Å². The number of carbonyl (C=O) groups is 1. The molecule has 1 heterocycles. The Morgan fingerprint density at radius 1 is 0.711 bits per heavy atom. The van der Waals surface area contributed by atoms with Crippen molar-refractivity contribution in [3.63, 3.8) is 0 Å². The summed E-state index contributed by atoms with van der Waals surface area (Å²) in [6, 6.07) is 42.7. The van der Waals surface area contributed by atoms with Crippen LogP contribution in [0, 0.1) is 0 Å². The summed E-state index contributed by atoms with van der Waals surface area (Å²) in [6.45, 7) is 0. The van der Waals surface area contributed by atoms with Crippen molar-refractivity contribution in [3.05, 3.63) is 150 Å². The molecule has 4 aromatic carbocycles.